The quantitative estimate of drug-likeness (QED) is 0.0932. The van der Waals surface area contributed by atoms with Crippen LogP contribution in [0.25, 0.3) is 11.1 Å². The number of carbonyl (C=O) groups excluding carboxylic acids is 2. The van der Waals surface area contributed by atoms with Gasteiger partial charge in [0.15, 0.2) is 0 Å². The van der Waals surface area contributed by atoms with E-state index in [4.69, 9.17) is 9.47 Å². The molecule has 0 fully saturated rings. The van der Waals surface area contributed by atoms with Gasteiger partial charge in [-0.25, -0.2) is 4.79 Å². The predicted octanol–water partition coefficient (Wildman–Crippen LogP) is 10.9. The molecule has 0 radical (unpaired) electrons. The van der Waals surface area contributed by atoms with Crippen LogP contribution in [0.1, 0.15) is 62.8 Å². The summed E-state index contributed by atoms with van der Waals surface area (Å²) in [5.41, 5.74) is 1.23. The Morgan fingerprint density at radius 2 is 1.14 bits per heavy atom. The Labute approximate surface area is 292 Å². The van der Waals surface area contributed by atoms with Gasteiger partial charge in [-0.1, -0.05) is 36.9 Å². The molecule has 4 aromatic rings. The molecule has 0 saturated carbocycles. The highest BCUT2D eigenvalue weighted by molar-refractivity contribution is 5.87. The molecular weight excluding hydrogens is 672 g/mol. The maximum Gasteiger partial charge on any atom is 0.416 e. The molecule has 0 N–H and O–H groups in total. The monoisotopic (exact) mass is 709 g/mol. The Morgan fingerprint density at radius 1 is 0.667 bits per heavy atom. The second-order valence-electron chi connectivity index (χ2n) is 13.6. The van der Waals surface area contributed by atoms with Gasteiger partial charge in [0.2, 0.25) is 0 Å². The number of esters is 2. The van der Waals surface area contributed by atoms with Crippen LogP contribution in [0.3, 0.4) is 0 Å². The van der Waals surface area contributed by atoms with Crippen molar-refractivity contribution < 1.29 is 45.4 Å². The topological polar surface area (TPSA) is 55.8 Å². The van der Waals surface area contributed by atoms with Crippen molar-refractivity contribution in [2.75, 3.05) is 18.1 Å². The van der Waals surface area contributed by atoms with Gasteiger partial charge in [-0.15, -0.1) is 0 Å². The fourth-order valence-electron chi connectivity index (χ4n) is 6.27. The van der Waals surface area contributed by atoms with E-state index in [-0.39, 0.29) is 43.0 Å². The molecule has 51 heavy (non-hydrogen) atoms. The van der Waals surface area contributed by atoms with Crippen molar-refractivity contribution in [1.82, 2.24) is 0 Å². The zero-order chi connectivity index (χ0) is 37.4. The van der Waals surface area contributed by atoms with E-state index in [1.165, 1.54) is 31.2 Å². The summed E-state index contributed by atoms with van der Waals surface area (Å²) in [6.45, 7) is 10.4. The van der Waals surface area contributed by atoms with Crippen molar-refractivity contribution in [1.29, 1.82) is 0 Å². The lowest BCUT2D eigenvalue weighted by molar-refractivity contribution is -0.153. The van der Waals surface area contributed by atoms with Gasteiger partial charge < -0.3 is 14.4 Å². The maximum absolute atomic E-state index is 13.5. The summed E-state index contributed by atoms with van der Waals surface area (Å²) in [5, 5.41) is 0. The first-order valence-electron chi connectivity index (χ1n) is 16.2. The Morgan fingerprint density at radius 3 is 1.63 bits per heavy atom. The molecule has 0 bridgehead atoms. The van der Waals surface area contributed by atoms with E-state index in [9.17, 15) is 35.9 Å². The molecule has 11 heteroatoms. The predicted molar refractivity (Wildman–Crippen MR) is 183 cm³/mol. The maximum atomic E-state index is 13.5. The van der Waals surface area contributed by atoms with Gasteiger partial charge in [0, 0.05) is 28.1 Å². The summed E-state index contributed by atoms with van der Waals surface area (Å²) in [5.74, 6) is -0.970. The number of nitrogens with zero attached hydrogens (tertiary/aromatic N) is 1. The summed E-state index contributed by atoms with van der Waals surface area (Å²) in [6.07, 6.45) is -8.64. The van der Waals surface area contributed by atoms with Gasteiger partial charge in [-0.2, -0.15) is 26.3 Å². The van der Waals surface area contributed by atoms with E-state index in [1.54, 1.807) is 31.7 Å². The van der Waals surface area contributed by atoms with Crippen molar-refractivity contribution in [3.8, 4) is 11.1 Å². The fourth-order valence-corrected chi connectivity index (χ4v) is 6.27. The number of benzene rings is 4. The van der Waals surface area contributed by atoms with Crippen LogP contribution in [0.4, 0.5) is 43.4 Å². The molecule has 1 aliphatic carbocycles. The number of ether oxygens (including phenoxy) is 2. The van der Waals surface area contributed by atoms with Gasteiger partial charge in [0.1, 0.15) is 0 Å². The number of halogens is 6. The molecule has 0 aromatic heterocycles. The first-order chi connectivity index (χ1) is 23.8. The van der Waals surface area contributed by atoms with E-state index in [2.05, 4.69) is 6.58 Å². The number of alkyl halides is 6. The Hall–Kier alpha value is -5.06. The minimum Gasteiger partial charge on any atom is -0.465 e. The zero-order valence-electron chi connectivity index (χ0n) is 28.5. The minimum absolute atomic E-state index is 0.0154. The van der Waals surface area contributed by atoms with Gasteiger partial charge >= 0.3 is 24.3 Å². The highest BCUT2D eigenvalue weighted by atomic mass is 19.4. The lowest BCUT2D eigenvalue weighted by Gasteiger charge is -2.34. The molecule has 0 heterocycles. The van der Waals surface area contributed by atoms with Crippen LogP contribution in [0.2, 0.25) is 0 Å². The SMILES string of the molecule is C=C(C)C(=O)OCC[C@]1(CCOC(=O)C(C)(C)C)c2ccccc2-c2ccc(N(c3ccc(C(F)(F)F)cc3)c3ccc(C(F)(F)F)cc3)cc21. The first-order valence-corrected chi connectivity index (χ1v) is 16.2. The van der Waals surface area contributed by atoms with Crippen molar-refractivity contribution in [2.24, 2.45) is 5.41 Å². The lowest BCUT2D eigenvalue weighted by atomic mass is 9.73. The third-order valence-corrected chi connectivity index (χ3v) is 8.90. The van der Waals surface area contributed by atoms with E-state index in [1.807, 2.05) is 36.4 Å². The van der Waals surface area contributed by atoms with Crippen molar-refractivity contribution in [2.45, 2.75) is 58.3 Å². The molecule has 0 spiro atoms. The van der Waals surface area contributed by atoms with Crippen LogP contribution in [0.15, 0.2) is 103 Å². The van der Waals surface area contributed by atoms with Crippen molar-refractivity contribution in [3.63, 3.8) is 0 Å². The summed E-state index contributed by atoms with van der Waals surface area (Å²) >= 11 is 0. The lowest BCUT2D eigenvalue weighted by Crippen LogP contribution is -2.31. The second kappa shape index (κ2) is 13.9. The fraction of sp³-hybridized carbons (Fsp3) is 0.300. The minimum atomic E-state index is -4.60. The third kappa shape index (κ3) is 7.82. The summed E-state index contributed by atoms with van der Waals surface area (Å²) in [4.78, 5) is 26.8. The Balaban J connectivity index is 1.67. The molecule has 1 aliphatic rings. The summed E-state index contributed by atoms with van der Waals surface area (Å²) in [7, 11) is 0. The molecule has 5 rings (SSSR count). The van der Waals surface area contributed by atoms with E-state index in [0.717, 1.165) is 46.5 Å². The third-order valence-electron chi connectivity index (χ3n) is 8.90. The smallest absolute Gasteiger partial charge is 0.416 e. The van der Waals surface area contributed by atoms with Crippen LogP contribution in [-0.4, -0.2) is 25.2 Å². The number of fused-ring (bicyclic) bond motifs is 3. The first kappa shape index (κ1) is 37.2. The van der Waals surface area contributed by atoms with Crippen LogP contribution in [0, 0.1) is 5.41 Å². The number of anilines is 3. The second-order valence-corrected chi connectivity index (χ2v) is 13.6. The van der Waals surface area contributed by atoms with Gasteiger partial charge in [0.25, 0.3) is 0 Å². The van der Waals surface area contributed by atoms with Crippen molar-refractivity contribution in [3.05, 3.63) is 125 Å². The van der Waals surface area contributed by atoms with Crippen LogP contribution in [-0.2, 0) is 36.8 Å². The normalized spacial score (nSPS) is 15.5. The Kier molecular flexibility index (Phi) is 10.2. The van der Waals surface area contributed by atoms with Crippen LogP contribution < -0.4 is 4.90 Å². The van der Waals surface area contributed by atoms with Crippen LogP contribution >= 0.6 is 0 Å². The molecule has 0 amide bonds. The number of rotatable bonds is 10. The zero-order valence-corrected chi connectivity index (χ0v) is 28.5. The molecule has 0 unspecified atom stereocenters. The molecule has 0 saturated heterocycles. The van der Waals surface area contributed by atoms with Crippen LogP contribution in [0.5, 0.6) is 0 Å². The molecule has 0 aliphatic heterocycles. The molecular formula is C40H37F6NO4. The summed E-state index contributed by atoms with van der Waals surface area (Å²) < 4.78 is 92.4. The van der Waals surface area contributed by atoms with Gasteiger partial charge in [-0.3, -0.25) is 4.79 Å². The largest absolute Gasteiger partial charge is 0.465 e. The molecule has 5 nitrogen and oxygen atoms in total. The highest BCUT2D eigenvalue weighted by Crippen LogP contribution is 2.54. The molecule has 268 valence electrons. The number of hydrogen-bond acceptors (Lipinski definition) is 5. The Bertz CT molecular complexity index is 1870. The molecule has 4 aromatic carbocycles. The van der Waals surface area contributed by atoms with E-state index >= 15 is 0 Å². The van der Waals surface area contributed by atoms with E-state index in [0.29, 0.717) is 5.69 Å². The highest BCUT2D eigenvalue weighted by Gasteiger charge is 2.44. The number of carbonyl (C=O) groups is 2. The average molecular weight is 710 g/mol. The number of hydrogen-bond donors (Lipinski definition) is 0. The standard InChI is InChI=1S/C40H37F6NO4/c1-25(2)35(48)50-22-20-38(21-23-51-36(49)37(3,4)5)33-9-7-6-8-31(33)32-19-18-30(24-34(32)38)47(28-14-10-26(11-15-28)39(41,42)43)29-16-12-27(13-17-29)40(44,45)46/h6-19,24H,1,20-23H2,2-5H3/t38-/m0/s1. The van der Waals surface area contributed by atoms with Gasteiger partial charge in [-0.05, 0) is 123 Å². The molecule has 1 atom stereocenters. The van der Waals surface area contributed by atoms with Crippen molar-refractivity contribution >= 4 is 29.0 Å². The average Bonchev–Trinajstić information content (AvgIpc) is 3.33. The van der Waals surface area contributed by atoms with Gasteiger partial charge in [0.05, 0.1) is 29.8 Å². The van der Waals surface area contributed by atoms with E-state index < -0.39 is 46.2 Å². The summed E-state index contributed by atoms with van der Waals surface area (Å²) in [6, 6.07) is 21.8.